The van der Waals surface area contributed by atoms with Crippen molar-refractivity contribution in [3.8, 4) is 0 Å². The number of furan rings is 2. The van der Waals surface area contributed by atoms with Crippen molar-refractivity contribution in [2.24, 2.45) is 0 Å². The molecule has 0 aliphatic rings. The molecule has 26 aromatic rings. The summed E-state index contributed by atoms with van der Waals surface area (Å²) in [5.41, 5.74) is 7.98. The van der Waals surface area contributed by atoms with Crippen LogP contribution in [0.4, 0.5) is 0 Å². The summed E-state index contributed by atoms with van der Waals surface area (Å²) >= 11 is 3.46. The van der Waals surface area contributed by atoms with E-state index in [1.807, 2.05) is 140 Å². The Morgan fingerprint density at radius 3 is 1.03 bits per heavy atom. The van der Waals surface area contributed by atoms with E-state index in [-0.39, 0.29) is 59.4 Å². The lowest BCUT2D eigenvalue weighted by molar-refractivity contribution is 0.596. The molecule has 0 fully saturated rings. The van der Waals surface area contributed by atoms with Crippen molar-refractivity contribution in [2.45, 2.75) is 69.2 Å². The van der Waals surface area contributed by atoms with Crippen LogP contribution in [0.1, 0.15) is 59.4 Å². The summed E-state index contributed by atoms with van der Waals surface area (Å²) in [4.78, 5) is 45.5. The number of hydrogen-bond donors (Lipinski definition) is 0. The van der Waals surface area contributed by atoms with Gasteiger partial charge in [0.1, 0.15) is 39.0 Å². The largest absolute Gasteiger partial charge is 0.443 e. The maximum atomic E-state index is 12.0. The average molecular weight is 1740 g/mol. The number of fused-ring (bicyclic) bond motifs is 30. The maximum absolute atomic E-state index is 12.0. The SMILES string of the molecule is C.C.C.C.C.C.C.C.O=S(=O)(c1ccccc1)c1ccccc1.c1ccc2c(c1)c1ccccc1c1ncccc21.c1ccc2c(c1)c1ccccc1c1ocnc21.c1ccc2c(c1)c1cccnc1c1ncccc21.c1ccc2c(c1)oc1ncccc12.c1ccc2c(c1)oc1ncncc12.c1ccc2c(c1)sc1ncccc12.c1ccc2c(c1)sc1ncncc12. The molecular weight excluding hydrogens is 1640 g/mol. The van der Waals surface area contributed by atoms with E-state index in [0.717, 1.165) is 86.2 Å². The number of hydrogen-bond acceptors (Lipinski definition) is 17. The molecule has 26 rings (SSSR count). The van der Waals surface area contributed by atoms with Crippen LogP contribution in [-0.2, 0) is 9.84 Å². The number of rotatable bonds is 2. The number of oxazole rings is 1. The Balaban J connectivity index is 0.000000141. The second kappa shape index (κ2) is 42.3. The van der Waals surface area contributed by atoms with Crippen molar-refractivity contribution in [1.82, 2.24) is 49.8 Å². The van der Waals surface area contributed by atoms with E-state index in [1.165, 1.54) is 97.5 Å². The number of sulfone groups is 1. The molecule has 0 aliphatic carbocycles. The van der Waals surface area contributed by atoms with E-state index in [2.05, 4.69) is 220 Å². The Bertz CT molecular complexity index is 7000. The molecule has 0 bridgehead atoms. The summed E-state index contributed by atoms with van der Waals surface area (Å²) in [5.74, 6) is 0. The number of aromatic nitrogens is 10. The highest BCUT2D eigenvalue weighted by Gasteiger charge is 2.18. The van der Waals surface area contributed by atoms with Crippen molar-refractivity contribution < 1.29 is 21.7 Å². The molecule has 128 heavy (non-hydrogen) atoms. The van der Waals surface area contributed by atoms with E-state index in [1.54, 1.807) is 102 Å². The molecule has 0 aliphatic heterocycles. The fraction of sp³-hybridized carbons (Fsp3) is 0.0727. The van der Waals surface area contributed by atoms with Gasteiger partial charge in [0.05, 0.1) is 31.7 Å². The zero-order valence-corrected chi connectivity index (χ0v) is 66.3. The topological polar surface area (TPSA) is 202 Å². The fourth-order valence-corrected chi connectivity index (χ4v) is 18.5. The van der Waals surface area contributed by atoms with E-state index in [4.69, 9.17) is 13.3 Å². The lowest BCUT2D eigenvalue weighted by Gasteiger charge is -2.08. The molecule has 0 radical (unpaired) electrons. The minimum absolute atomic E-state index is 0. The highest BCUT2D eigenvalue weighted by molar-refractivity contribution is 7.91. The maximum Gasteiger partial charge on any atom is 0.230 e. The second-order valence-corrected chi connectivity index (χ2v) is 31.7. The van der Waals surface area contributed by atoms with Crippen molar-refractivity contribution in [1.29, 1.82) is 0 Å². The number of nitrogens with zero attached hydrogens (tertiary/aromatic N) is 10. The fourth-order valence-electron chi connectivity index (χ4n) is 15.1. The molecule has 14 aromatic carbocycles. The summed E-state index contributed by atoms with van der Waals surface area (Å²) in [5, 5.41) is 25.1. The number of para-hydroxylation sites is 2. The van der Waals surface area contributed by atoms with Gasteiger partial charge in [0.25, 0.3) is 0 Å². The lowest BCUT2D eigenvalue weighted by Crippen LogP contribution is -2.00. The van der Waals surface area contributed by atoms with Crippen molar-refractivity contribution in [2.75, 3.05) is 0 Å². The van der Waals surface area contributed by atoms with E-state index >= 15 is 0 Å². The first kappa shape index (κ1) is 93.2. The van der Waals surface area contributed by atoms with Crippen LogP contribution < -0.4 is 0 Å². The Kier molecular flexibility index (Phi) is 30.8. The van der Waals surface area contributed by atoms with Crippen LogP contribution in [0.5, 0.6) is 0 Å². The van der Waals surface area contributed by atoms with Gasteiger partial charge >= 0.3 is 0 Å². The molecule has 0 atom stereocenters. The molecule has 0 amide bonds. The molecular formula is C110H98N10O5S3. The van der Waals surface area contributed by atoms with Crippen molar-refractivity contribution in [3.05, 3.63) is 402 Å². The van der Waals surface area contributed by atoms with Crippen LogP contribution in [-0.4, -0.2) is 58.3 Å². The van der Waals surface area contributed by atoms with Crippen molar-refractivity contribution in [3.63, 3.8) is 0 Å². The van der Waals surface area contributed by atoms with Crippen molar-refractivity contribution >= 4 is 215 Å². The van der Waals surface area contributed by atoms with Gasteiger partial charge in [-0.3, -0.25) is 15.0 Å². The molecule has 0 spiro atoms. The van der Waals surface area contributed by atoms with Gasteiger partial charge in [0.15, 0.2) is 12.0 Å². The molecule has 18 heteroatoms. The Labute approximate surface area is 752 Å². The lowest BCUT2D eigenvalue weighted by atomic mass is 9.97. The predicted molar refractivity (Wildman–Crippen MR) is 545 cm³/mol. The summed E-state index contributed by atoms with van der Waals surface area (Å²) in [6.07, 6.45) is 17.4. The number of benzene rings is 14. The van der Waals surface area contributed by atoms with Gasteiger partial charge in [-0.15, -0.1) is 22.7 Å². The first-order valence-electron chi connectivity index (χ1n) is 38.6. The minimum Gasteiger partial charge on any atom is -0.443 e. The van der Waals surface area contributed by atoms with Crippen LogP contribution in [0.3, 0.4) is 0 Å². The van der Waals surface area contributed by atoms with Crippen LogP contribution in [0.15, 0.2) is 425 Å². The smallest absolute Gasteiger partial charge is 0.230 e. The Hall–Kier alpha value is -15.5. The van der Waals surface area contributed by atoms with Gasteiger partial charge in [-0.1, -0.05) is 308 Å². The number of pyridine rings is 5. The molecule has 636 valence electrons. The van der Waals surface area contributed by atoms with E-state index in [0.29, 0.717) is 21.2 Å². The monoisotopic (exact) mass is 1730 g/mol. The molecule has 0 saturated heterocycles. The van der Waals surface area contributed by atoms with Gasteiger partial charge in [-0.05, 0) is 129 Å². The highest BCUT2D eigenvalue weighted by Crippen LogP contribution is 2.39. The molecule has 0 saturated carbocycles. The standard InChI is InChI=1S/C17H11N.C16H10N2.C15H9NO.C12H10O2S.C11H7NO.C11H7NS.C10H6N2O.C10H6N2S.8CH4/c1-2-7-14-12(6-1)13-8-3-4-9-15(13)17-16(14)10-5-11-18-17;1-2-6-12-11(5-1)13-7-3-9-17-15(13)16-14(12)8-4-10-18-16;1-3-7-12-10(5-1)11-6-2-4-8-13(11)15-14(12)16-9-17-15;13-15(14,11-7-3-1-4-8-11)12-9-5-2-6-10-12;2*1-2-6-10-8(4-1)9-5-3-7-12-11(9)13-10;2*1-2-4-9-7(3-1)8-5-11-6-12-10(8)13-9;;;;;;;;/h1-11H;1-10H;1-9H;1-10H;2*1-7H;2*1-6H;8*1H4. The predicted octanol–water partition coefficient (Wildman–Crippen LogP) is 31.9. The molecule has 12 aromatic heterocycles. The van der Waals surface area contributed by atoms with E-state index in [9.17, 15) is 8.42 Å². The highest BCUT2D eigenvalue weighted by atomic mass is 32.2. The van der Waals surface area contributed by atoms with Gasteiger partial charge < -0.3 is 13.3 Å². The normalized spacial score (nSPS) is 10.5. The molecule has 0 N–H and O–H groups in total. The first-order valence-corrected chi connectivity index (χ1v) is 41.7. The Morgan fingerprint density at radius 1 is 0.227 bits per heavy atom. The zero-order chi connectivity index (χ0) is 80.6. The Morgan fingerprint density at radius 2 is 0.539 bits per heavy atom. The van der Waals surface area contributed by atoms with Gasteiger partial charge in [-0.2, -0.15) is 0 Å². The van der Waals surface area contributed by atoms with Gasteiger partial charge in [0, 0.05) is 123 Å². The van der Waals surface area contributed by atoms with E-state index < -0.39 is 9.84 Å². The summed E-state index contributed by atoms with van der Waals surface area (Å²) in [6, 6.07) is 112. The molecule has 15 nitrogen and oxygen atoms in total. The first-order chi connectivity index (χ1) is 59.4. The minimum atomic E-state index is -3.34. The second-order valence-electron chi connectivity index (χ2n) is 27.7. The van der Waals surface area contributed by atoms with Gasteiger partial charge in [-0.25, -0.2) is 43.3 Å². The third kappa shape index (κ3) is 18.7. The molecule has 0 unspecified atom stereocenters. The summed E-state index contributed by atoms with van der Waals surface area (Å²) in [7, 11) is -3.34. The van der Waals surface area contributed by atoms with Crippen LogP contribution in [0.2, 0.25) is 0 Å². The van der Waals surface area contributed by atoms with Crippen LogP contribution in [0.25, 0.3) is 182 Å². The van der Waals surface area contributed by atoms with Crippen LogP contribution in [0, 0.1) is 0 Å². The van der Waals surface area contributed by atoms with Gasteiger partial charge in [0.2, 0.25) is 21.3 Å². The molecule has 12 heterocycles. The summed E-state index contributed by atoms with van der Waals surface area (Å²) in [6.45, 7) is 0. The summed E-state index contributed by atoms with van der Waals surface area (Å²) < 4.78 is 43.2. The third-order valence-electron chi connectivity index (χ3n) is 20.6. The zero-order valence-electron chi connectivity index (χ0n) is 63.8. The third-order valence-corrected chi connectivity index (χ3v) is 24.6. The quantitative estimate of drug-likeness (QED) is 0.148. The average Bonchev–Trinajstić information content (AvgIpc) is 1.75. The number of thiophene rings is 2. The van der Waals surface area contributed by atoms with Crippen LogP contribution >= 0.6 is 22.7 Å².